The predicted molar refractivity (Wildman–Crippen MR) is 135 cm³/mol. The van der Waals surface area contributed by atoms with Gasteiger partial charge in [0.2, 0.25) is 0 Å². The Labute approximate surface area is 192 Å². The minimum absolute atomic E-state index is 0.921. The molecule has 1 aromatic carbocycles. The van der Waals surface area contributed by atoms with Crippen LogP contribution in [0.1, 0.15) is 19.3 Å². The summed E-state index contributed by atoms with van der Waals surface area (Å²) < 4.78 is 0. The summed E-state index contributed by atoms with van der Waals surface area (Å²) in [4.78, 5) is 17.2. The fourth-order valence-electron chi connectivity index (χ4n) is 4.75. The van der Waals surface area contributed by atoms with E-state index in [0.29, 0.717) is 0 Å². The van der Waals surface area contributed by atoms with Crippen molar-refractivity contribution in [1.82, 2.24) is 25.1 Å². The van der Waals surface area contributed by atoms with E-state index in [4.69, 9.17) is 4.98 Å². The summed E-state index contributed by atoms with van der Waals surface area (Å²) in [5.74, 6) is 1.07. The van der Waals surface area contributed by atoms with Crippen LogP contribution in [0.15, 0.2) is 55.0 Å². The van der Waals surface area contributed by atoms with E-state index in [9.17, 15) is 0 Å². The van der Waals surface area contributed by atoms with Crippen LogP contribution in [0.25, 0.3) is 44.3 Å². The first-order chi connectivity index (χ1) is 16.2. The van der Waals surface area contributed by atoms with Crippen molar-refractivity contribution < 1.29 is 0 Å². The fourth-order valence-corrected chi connectivity index (χ4v) is 4.75. The van der Waals surface area contributed by atoms with Crippen molar-refractivity contribution in [3.63, 3.8) is 0 Å². The van der Waals surface area contributed by atoms with Crippen LogP contribution in [-0.2, 0) is 0 Å². The Morgan fingerprint density at radius 2 is 1.76 bits per heavy atom. The fraction of sp³-hybridized carbons (Fsp3) is 0.269. The van der Waals surface area contributed by atoms with Crippen LogP contribution in [0, 0.1) is 0 Å². The third-order valence-electron chi connectivity index (χ3n) is 6.57. The Morgan fingerprint density at radius 1 is 0.879 bits per heavy atom. The molecule has 6 rings (SSSR count). The van der Waals surface area contributed by atoms with Gasteiger partial charge in [0.1, 0.15) is 11.5 Å². The van der Waals surface area contributed by atoms with E-state index in [0.717, 1.165) is 68.9 Å². The monoisotopic (exact) mass is 437 g/mol. The average Bonchev–Trinajstić information content (AvgIpc) is 3.48. The van der Waals surface area contributed by atoms with Crippen LogP contribution in [0.3, 0.4) is 0 Å². The van der Waals surface area contributed by atoms with Crippen molar-refractivity contribution >= 4 is 33.3 Å². The first kappa shape index (κ1) is 19.8. The summed E-state index contributed by atoms with van der Waals surface area (Å²) >= 11 is 0. The van der Waals surface area contributed by atoms with E-state index in [1.165, 1.54) is 19.3 Å². The molecule has 4 aromatic heterocycles. The molecule has 1 aliphatic heterocycles. The van der Waals surface area contributed by atoms with E-state index in [2.05, 4.69) is 60.3 Å². The zero-order valence-corrected chi connectivity index (χ0v) is 19.0. The zero-order valence-electron chi connectivity index (χ0n) is 19.0. The van der Waals surface area contributed by atoms with Gasteiger partial charge in [-0.3, -0.25) is 10.1 Å². The number of benzene rings is 1. The van der Waals surface area contributed by atoms with Gasteiger partial charge in [-0.1, -0.05) is 6.07 Å². The van der Waals surface area contributed by atoms with E-state index in [-0.39, 0.29) is 0 Å². The molecule has 33 heavy (non-hydrogen) atoms. The van der Waals surface area contributed by atoms with Gasteiger partial charge in [-0.25, -0.2) is 4.98 Å². The number of piperidine rings is 1. The second kappa shape index (κ2) is 7.92. The average molecular weight is 438 g/mol. The van der Waals surface area contributed by atoms with Gasteiger partial charge in [-0.15, -0.1) is 0 Å². The van der Waals surface area contributed by atoms with Gasteiger partial charge in [0.15, 0.2) is 0 Å². The molecule has 0 spiro atoms. The lowest BCUT2D eigenvalue weighted by atomic mass is 10.0. The van der Waals surface area contributed by atoms with Crippen molar-refractivity contribution in [2.45, 2.75) is 19.3 Å². The van der Waals surface area contributed by atoms with Crippen LogP contribution in [0.2, 0.25) is 0 Å². The summed E-state index contributed by atoms with van der Waals surface area (Å²) in [6.45, 7) is 2.14. The first-order valence-corrected chi connectivity index (χ1v) is 11.5. The van der Waals surface area contributed by atoms with Crippen molar-refractivity contribution in [3.8, 4) is 22.5 Å². The molecule has 0 atom stereocenters. The van der Waals surface area contributed by atoms with E-state index in [1.807, 2.05) is 38.8 Å². The largest absolute Gasteiger partial charge is 0.376 e. The molecule has 5 heterocycles. The number of aromatic amines is 2. The molecular weight excluding hydrogens is 410 g/mol. The Hall–Kier alpha value is -3.87. The topological polar surface area (TPSA) is 76.7 Å². The van der Waals surface area contributed by atoms with E-state index >= 15 is 0 Å². The van der Waals surface area contributed by atoms with Gasteiger partial charge in [-0.05, 0) is 55.2 Å². The van der Waals surface area contributed by atoms with Crippen LogP contribution in [-0.4, -0.2) is 52.3 Å². The molecule has 1 saturated heterocycles. The Bertz CT molecular complexity index is 1440. The number of H-pyrrole nitrogens is 2. The quantitative estimate of drug-likeness (QED) is 0.403. The summed E-state index contributed by atoms with van der Waals surface area (Å²) in [6, 6.07) is 12.8. The van der Waals surface area contributed by atoms with Gasteiger partial charge in [-0.2, -0.15) is 5.10 Å². The molecule has 5 aromatic rings. The highest BCUT2D eigenvalue weighted by Crippen LogP contribution is 2.35. The Balaban J connectivity index is 1.44. The third-order valence-corrected chi connectivity index (χ3v) is 6.57. The zero-order chi connectivity index (χ0) is 22.4. The number of aromatic nitrogens is 5. The van der Waals surface area contributed by atoms with Gasteiger partial charge in [0, 0.05) is 55.9 Å². The van der Waals surface area contributed by atoms with Crippen LogP contribution in [0.5, 0.6) is 0 Å². The number of nitrogens with one attached hydrogen (secondary N) is 2. The number of rotatable bonds is 4. The maximum atomic E-state index is 4.73. The lowest BCUT2D eigenvalue weighted by Crippen LogP contribution is -2.30. The van der Waals surface area contributed by atoms with Crippen molar-refractivity contribution in [2.75, 3.05) is 37.0 Å². The molecule has 0 aliphatic carbocycles. The molecule has 7 heteroatoms. The minimum Gasteiger partial charge on any atom is -0.376 e. The molecule has 0 bridgehead atoms. The molecule has 1 fully saturated rings. The maximum absolute atomic E-state index is 4.73. The summed E-state index contributed by atoms with van der Waals surface area (Å²) in [5, 5.41) is 10.1. The predicted octanol–water partition coefficient (Wildman–Crippen LogP) is 5.22. The second-order valence-corrected chi connectivity index (χ2v) is 8.99. The number of pyridine rings is 2. The molecule has 0 saturated carbocycles. The minimum atomic E-state index is 0.921. The molecule has 7 nitrogen and oxygen atoms in total. The first-order valence-electron chi connectivity index (χ1n) is 11.5. The molecular formula is C26H27N7. The van der Waals surface area contributed by atoms with Gasteiger partial charge in [0.05, 0.1) is 28.6 Å². The van der Waals surface area contributed by atoms with Crippen molar-refractivity contribution in [3.05, 3.63) is 55.0 Å². The lowest BCUT2D eigenvalue weighted by Gasteiger charge is -2.28. The second-order valence-electron chi connectivity index (χ2n) is 8.99. The van der Waals surface area contributed by atoms with Crippen molar-refractivity contribution in [2.24, 2.45) is 0 Å². The maximum Gasteiger partial charge on any atom is 0.137 e. The van der Waals surface area contributed by atoms with Crippen LogP contribution in [0.4, 0.5) is 11.5 Å². The van der Waals surface area contributed by atoms with Gasteiger partial charge >= 0.3 is 0 Å². The number of hydrogen-bond acceptors (Lipinski definition) is 5. The highest BCUT2D eigenvalue weighted by Gasteiger charge is 2.18. The van der Waals surface area contributed by atoms with Gasteiger partial charge in [0.25, 0.3) is 0 Å². The molecule has 1 aliphatic rings. The van der Waals surface area contributed by atoms with Crippen LogP contribution >= 0.6 is 0 Å². The standard InChI is InChI=1S/C26H27N7/c1-32(2)19-12-18(15-27-16-19)17-6-7-23-20(13-17)25(31-30-23)24-14-21-22(29-24)8-9-28-26(21)33-10-4-3-5-11-33/h6-9,12-16,29H,3-5,10-11H2,1-2H3,(H,30,31). The molecule has 166 valence electrons. The summed E-state index contributed by atoms with van der Waals surface area (Å²) in [7, 11) is 4.06. The van der Waals surface area contributed by atoms with Crippen LogP contribution < -0.4 is 9.80 Å². The summed E-state index contributed by atoms with van der Waals surface area (Å²) in [5.41, 5.74) is 7.31. The molecule has 0 radical (unpaired) electrons. The Kier molecular flexibility index (Phi) is 4.75. The molecule has 0 unspecified atom stereocenters. The number of hydrogen-bond donors (Lipinski definition) is 2. The van der Waals surface area contributed by atoms with E-state index < -0.39 is 0 Å². The highest BCUT2D eigenvalue weighted by molar-refractivity contribution is 6.00. The van der Waals surface area contributed by atoms with Gasteiger partial charge < -0.3 is 14.8 Å². The van der Waals surface area contributed by atoms with E-state index in [1.54, 1.807) is 0 Å². The smallest absolute Gasteiger partial charge is 0.137 e. The molecule has 0 amide bonds. The normalized spacial score (nSPS) is 14.3. The molecule has 2 N–H and O–H groups in total. The summed E-state index contributed by atoms with van der Waals surface area (Å²) in [6.07, 6.45) is 9.45. The number of fused-ring (bicyclic) bond motifs is 2. The number of nitrogens with zero attached hydrogens (tertiary/aromatic N) is 5. The van der Waals surface area contributed by atoms with Crippen molar-refractivity contribution in [1.29, 1.82) is 0 Å². The number of anilines is 2. The SMILES string of the molecule is CN(C)c1cncc(-c2ccc3[nH]nc(-c4cc5c(N6CCCCC6)nccc5[nH]4)c3c2)c1. The highest BCUT2D eigenvalue weighted by atomic mass is 15.2. The Morgan fingerprint density at radius 3 is 2.61 bits per heavy atom. The lowest BCUT2D eigenvalue weighted by molar-refractivity contribution is 0.575. The third kappa shape index (κ3) is 3.50.